The Kier molecular flexibility index (Phi) is 10.4. The lowest BCUT2D eigenvalue weighted by Gasteiger charge is -2.36. The molecule has 0 spiro atoms. The predicted octanol–water partition coefficient (Wildman–Crippen LogP) is 5.69. The second-order valence-electron chi connectivity index (χ2n) is 6.30. The van der Waals surface area contributed by atoms with Crippen molar-refractivity contribution in [2.24, 2.45) is 5.92 Å². The summed E-state index contributed by atoms with van der Waals surface area (Å²) in [5.41, 5.74) is 0. The van der Waals surface area contributed by atoms with E-state index in [9.17, 15) is 0 Å². The van der Waals surface area contributed by atoms with E-state index in [-0.39, 0.29) is 6.29 Å². The van der Waals surface area contributed by atoms with Gasteiger partial charge in [-0.15, -0.1) is 0 Å². The van der Waals surface area contributed by atoms with Crippen LogP contribution in [0.2, 0.25) is 0 Å². The lowest BCUT2D eigenvalue weighted by molar-refractivity contribution is -0.240. The summed E-state index contributed by atoms with van der Waals surface area (Å²) >= 11 is 0. The molecule has 2 nitrogen and oxygen atoms in total. The molecule has 1 aliphatic heterocycles. The molecule has 0 N–H and O–H groups in total. The van der Waals surface area contributed by atoms with Crippen LogP contribution in [-0.2, 0) is 9.47 Å². The van der Waals surface area contributed by atoms with Crippen LogP contribution in [0.3, 0.4) is 0 Å². The van der Waals surface area contributed by atoms with E-state index in [0.29, 0.717) is 12.0 Å². The zero-order valence-corrected chi connectivity index (χ0v) is 14.0. The van der Waals surface area contributed by atoms with Gasteiger partial charge in [0.05, 0.1) is 12.7 Å². The van der Waals surface area contributed by atoms with Gasteiger partial charge in [-0.05, 0) is 25.7 Å². The van der Waals surface area contributed by atoms with E-state index in [2.05, 4.69) is 20.8 Å². The maximum absolute atomic E-state index is 6.15. The normalized spacial score (nSPS) is 26.9. The van der Waals surface area contributed by atoms with Gasteiger partial charge in [0, 0.05) is 5.92 Å². The minimum absolute atomic E-state index is 0.0741. The van der Waals surface area contributed by atoms with Crippen LogP contribution in [0.15, 0.2) is 0 Å². The second-order valence-corrected chi connectivity index (χ2v) is 6.30. The molecule has 0 radical (unpaired) electrons. The van der Waals surface area contributed by atoms with E-state index in [4.69, 9.17) is 9.47 Å². The summed E-state index contributed by atoms with van der Waals surface area (Å²) < 4.78 is 12.0. The van der Waals surface area contributed by atoms with Gasteiger partial charge in [0.1, 0.15) is 0 Å². The highest BCUT2D eigenvalue weighted by atomic mass is 16.7. The highest BCUT2D eigenvalue weighted by molar-refractivity contribution is 4.73. The van der Waals surface area contributed by atoms with Gasteiger partial charge in [-0.2, -0.15) is 0 Å². The predicted molar refractivity (Wildman–Crippen MR) is 85.9 cm³/mol. The minimum Gasteiger partial charge on any atom is -0.352 e. The molecule has 0 aromatic carbocycles. The molecule has 3 atom stereocenters. The molecule has 0 unspecified atom stereocenters. The first-order valence-electron chi connectivity index (χ1n) is 9.08. The molecular formula is C18H36O2. The van der Waals surface area contributed by atoms with Crippen molar-refractivity contribution >= 4 is 0 Å². The van der Waals surface area contributed by atoms with E-state index in [1.54, 1.807) is 0 Å². The van der Waals surface area contributed by atoms with Crippen LogP contribution >= 0.6 is 0 Å². The molecule has 0 bridgehead atoms. The fraction of sp³-hybridized carbons (Fsp3) is 1.00. The summed E-state index contributed by atoms with van der Waals surface area (Å²) in [5, 5.41) is 0. The maximum atomic E-state index is 6.15. The maximum Gasteiger partial charge on any atom is 0.157 e. The Hall–Kier alpha value is -0.0800. The second kappa shape index (κ2) is 11.6. The smallest absolute Gasteiger partial charge is 0.157 e. The van der Waals surface area contributed by atoms with Crippen molar-refractivity contribution in [3.05, 3.63) is 0 Å². The number of unbranched alkanes of at least 4 members (excludes halogenated alkanes) is 6. The molecule has 1 aliphatic rings. The zero-order valence-electron chi connectivity index (χ0n) is 14.0. The van der Waals surface area contributed by atoms with Crippen molar-refractivity contribution in [3.8, 4) is 0 Å². The molecule has 0 amide bonds. The van der Waals surface area contributed by atoms with Gasteiger partial charge in [0.15, 0.2) is 6.29 Å². The SMILES string of the molecule is CCCCCCCCC[C@H]1OC[C@H](CC)[C@H](CCC)O1. The van der Waals surface area contributed by atoms with Crippen LogP contribution in [-0.4, -0.2) is 19.0 Å². The Labute approximate surface area is 126 Å². The highest BCUT2D eigenvalue weighted by Gasteiger charge is 2.29. The molecule has 0 aromatic heterocycles. The molecule has 2 heteroatoms. The zero-order chi connectivity index (χ0) is 14.6. The number of hydrogen-bond donors (Lipinski definition) is 0. The van der Waals surface area contributed by atoms with Crippen molar-refractivity contribution < 1.29 is 9.47 Å². The Bertz CT molecular complexity index is 217. The van der Waals surface area contributed by atoms with E-state index in [0.717, 1.165) is 13.0 Å². The quantitative estimate of drug-likeness (QED) is 0.453. The Balaban J connectivity index is 2.09. The summed E-state index contributed by atoms with van der Waals surface area (Å²) in [6, 6.07) is 0. The molecular weight excluding hydrogens is 248 g/mol. The molecule has 1 fully saturated rings. The fourth-order valence-corrected chi connectivity index (χ4v) is 3.07. The van der Waals surface area contributed by atoms with Gasteiger partial charge in [-0.3, -0.25) is 0 Å². The number of rotatable bonds is 11. The van der Waals surface area contributed by atoms with Crippen LogP contribution in [0, 0.1) is 5.92 Å². The summed E-state index contributed by atoms with van der Waals surface area (Å²) in [6.07, 6.45) is 14.7. The summed E-state index contributed by atoms with van der Waals surface area (Å²) in [4.78, 5) is 0. The van der Waals surface area contributed by atoms with Crippen LogP contribution in [0.4, 0.5) is 0 Å². The summed E-state index contributed by atoms with van der Waals surface area (Å²) in [7, 11) is 0. The third kappa shape index (κ3) is 7.08. The fourth-order valence-electron chi connectivity index (χ4n) is 3.07. The Morgan fingerprint density at radius 2 is 1.50 bits per heavy atom. The lowest BCUT2D eigenvalue weighted by Crippen LogP contribution is -2.39. The number of ether oxygens (including phenoxy) is 2. The molecule has 0 saturated carbocycles. The van der Waals surface area contributed by atoms with Gasteiger partial charge >= 0.3 is 0 Å². The van der Waals surface area contributed by atoms with Crippen molar-refractivity contribution in [2.45, 2.75) is 104 Å². The van der Waals surface area contributed by atoms with Gasteiger partial charge < -0.3 is 9.47 Å². The number of hydrogen-bond acceptors (Lipinski definition) is 2. The van der Waals surface area contributed by atoms with Gasteiger partial charge in [-0.25, -0.2) is 0 Å². The van der Waals surface area contributed by atoms with Crippen LogP contribution in [0.1, 0.15) is 91.4 Å². The Morgan fingerprint density at radius 1 is 0.800 bits per heavy atom. The summed E-state index contributed by atoms with van der Waals surface area (Å²) in [6.45, 7) is 7.67. The average molecular weight is 284 g/mol. The largest absolute Gasteiger partial charge is 0.352 e. The molecule has 0 aliphatic carbocycles. The lowest BCUT2D eigenvalue weighted by atomic mass is 9.95. The minimum atomic E-state index is 0.0741. The molecule has 1 heterocycles. The first-order valence-corrected chi connectivity index (χ1v) is 9.08. The molecule has 1 saturated heterocycles. The molecule has 0 aromatic rings. The molecule has 120 valence electrons. The van der Waals surface area contributed by atoms with E-state index in [1.165, 1.54) is 64.2 Å². The third-order valence-corrected chi connectivity index (χ3v) is 4.49. The average Bonchev–Trinajstić information content (AvgIpc) is 2.47. The van der Waals surface area contributed by atoms with Crippen LogP contribution in [0.25, 0.3) is 0 Å². The first kappa shape index (κ1) is 18.0. The molecule has 1 rings (SSSR count). The first-order chi connectivity index (χ1) is 9.81. The third-order valence-electron chi connectivity index (χ3n) is 4.49. The standard InChI is InChI=1S/C18H36O2/c1-4-7-8-9-10-11-12-14-18-19-15-16(6-3)17(20-18)13-5-2/h16-18H,4-15H2,1-3H3/t16-,17-,18-/m0/s1. The topological polar surface area (TPSA) is 18.5 Å². The van der Waals surface area contributed by atoms with E-state index >= 15 is 0 Å². The van der Waals surface area contributed by atoms with Gasteiger partial charge in [0.25, 0.3) is 0 Å². The van der Waals surface area contributed by atoms with Crippen molar-refractivity contribution in [1.82, 2.24) is 0 Å². The van der Waals surface area contributed by atoms with Crippen molar-refractivity contribution in [2.75, 3.05) is 6.61 Å². The van der Waals surface area contributed by atoms with Crippen molar-refractivity contribution in [1.29, 1.82) is 0 Å². The van der Waals surface area contributed by atoms with Crippen LogP contribution in [0.5, 0.6) is 0 Å². The Morgan fingerprint density at radius 3 is 2.15 bits per heavy atom. The molecule has 20 heavy (non-hydrogen) atoms. The summed E-state index contributed by atoms with van der Waals surface area (Å²) in [5.74, 6) is 0.611. The van der Waals surface area contributed by atoms with Gasteiger partial charge in [-0.1, -0.05) is 65.7 Å². The van der Waals surface area contributed by atoms with Gasteiger partial charge in [0.2, 0.25) is 0 Å². The van der Waals surface area contributed by atoms with E-state index < -0.39 is 0 Å². The van der Waals surface area contributed by atoms with E-state index in [1.807, 2.05) is 0 Å². The highest BCUT2D eigenvalue weighted by Crippen LogP contribution is 2.27. The van der Waals surface area contributed by atoms with Crippen molar-refractivity contribution in [3.63, 3.8) is 0 Å². The van der Waals surface area contributed by atoms with Crippen LogP contribution < -0.4 is 0 Å². The monoisotopic (exact) mass is 284 g/mol.